The van der Waals surface area contributed by atoms with Gasteiger partial charge in [0.2, 0.25) is 0 Å². The Balaban J connectivity index is 1.56. The molecule has 0 atom stereocenters. The molecule has 0 bridgehead atoms. The minimum Gasteiger partial charge on any atom is -0.463 e. The van der Waals surface area contributed by atoms with Gasteiger partial charge in [0.15, 0.2) is 5.76 Å². The summed E-state index contributed by atoms with van der Waals surface area (Å²) in [5.41, 5.74) is 1.99. The summed E-state index contributed by atoms with van der Waals surface area (Å²) in [4.78, 5) is 20.4. The molecule has 0 aliphatic carbocycles. The molecule has 0 aliphatic heterocycles. The van der Waals surface area contributed by atoms with Gasteiger partial charge in [0.05, 0.1) is 18.5 Å². The van der Waals surface area contributed by atoms with Gasteiger partial charge in [-0.05, 0) is 29.8 Å². The first-order valence-electron chi connectivity index (χ1n) is 7.32. The second kappa shape index (κ2) is 7.36. The van der Waals surface area contributed by atoms with E-state index in [-0.39, 0.29) is 18.4 Å². The predicted molar refractivity (Wildman–Crippen MR) is 85.2 cm³/mol. The van der Waals surface area contributed by atoms with E-state index in [4.69, 9.17) is 4.42 Å². The number of aromatic nitrogens is 2. The Morgan fingerprint density at radius 3 is 2.54 bits per heavy atom. The minimum absolute atomic E-state index is 0.207. The lowest BCUT2D eigenvalue weighted by atomic mass is 10.2. The maximum atomic E-state index is 12.8. The van der Waals surface area contributed by atoms with Crippen molar-refractivity contribution in [3.05, 3.63) is 72.1 Å². The lowest BCUT2D eigenvalue weighted by molar-refractivity contribution is 0.240. The van der Waals surface area contributed by atoms with Crippen molar-refractivity contribution in [1.82, 2.24) is 20.6 Å². The molecule has 6 nitrogen and oxygen atoms in total. The van der Waals surface area contributed by atoms with Gasteiger partial charge in [-0.3, -0.25) is 4.98 Å². The van der Waals surface area contributed by atoms with E-state index in [0.717, 1.165) is 5.56 Å². The average molecular weight is 326 g/mol. The summed E-state index contributed by atoms with van der Waals surface area (Å²) in [6, 6.07) is 9.13. The van der Waals surface area contributed by atoms with Gasteiger partial charge in [0.25, 0.3) is 0 Å². The molecule has 0 spiro atoms. The molecule has 3 rings (SSSR count). The molecule has 2 amide bonds. The van der Waals surface area contributed by atoms with Gasteiger partial charge in [-0.1, -0.05) is 12.1 Å². The van der Waals surface area contributed by atoms with E-state index >= 15 is 0 Å². The van der Waals surface area contributed by atoms with Crippen molar-refractivity contribution in [3.63, 3.8) is 0 Å². The number of hydrogen-bond donors (Lipinski definition) is 2. The number of urea groups is 1. The fourth-order valence-corrected chi connectivity index (χ4v) is 2.13. The number of amides is 2. The van der Waals surface area contributed by atoms with Crippen molar-refractivity contribution in [1.29, 1.82) is 0 Å². The van der Waals surface area contributed by atoms with Gasteiger partial charge in [-0.15, -0.1) is 0 Å². The lowest BCUT2D eigenvalue weighted by Gasteiger charge is -2.09. The minimum atomic E-state index is -0.352. The first kappa shape index (κ1) is 15.7. The summed E-state index contributed by atoms with van der Waals surface area (Å²) in [6.45, 7) is 0.511. The number of furan rings is 1. The van der Waals surface area contributed by atoms with Crippen LogP contribution in [0, 0.1) is 5.82 Å². The maximum Gasteiger partial charge on any atom is 0.315 e. The molecule has 7 heteroatoms. The van der Waals surface area contributed by atoms with Crippen LogP contribution in [0.25, 0.3) is 11.5 Å². The smallest absolute Gasteiger partial charge is 0.315 e. The molecule has 1 aromatic carbocycles. The van der Waals surface area contributed by atoms with Crippen molar-refractivity contribution in [2.24, 2.45) is 0 Å². The molecule has 2 aromatic heterocycles. The molecule has 0 aliphatic rings. The van der Waals surface area contributed by atoms with E-state index in [2.05, 4.69) is 20.6 Å². The third kappa shape index (κ3) is 3.95. The van der Waals surface area contributed by atoms with Crippen molar-refractivity contribution >= 4 is 6.03 Å². The summed E-state index contributed by atoms with van der Waals surface area (Å²) in [7, 11) is 0. The standard InChI is InChI=1S/C17H15FN4O2/c18-13-5-3-12(4-6-13)10-21-17(23)22-11-14-16(20-8-7-19-14)15-2-1-9-24-15/h1-9H,10-11H2,(H2,21,22,23). The number of carbonyl (C=O) groups excluding carboxylic acids is 1. The molecule has 3 aromatic rings. The zero-order valence-electron chi connectivity index (χ0n) is 12.7. The zero-order valence-corrected chi connectivity index (χ0v) is 12.7. The molecule has 0 unspecified atom stereocenters. The van der Waals surface area contributed by atoms with Crippen molar-refractivity contribution in [2.45, 2.75) is 13.1 Å². The summed E-state index contributed by atoms with van der Waals surface area (Å²) in [5, 5.41) is 5.41. The maximum absolute atomic E-state index is 12.8. The van der Waals surface area contributed by atoms with Gasteiger partial charge in [-0.2, -0.15) is 0 Å². The molecule has 2 N–H and O–H groups in total. The SMILES string of the molecule is O=C(NCc1ccc(F)cc1)NCc1nccnc1-c1ccco1. The van der Waals surface area contributed by atoms with Gasteiger partial charge in [0, 0.05) is 18.9 Å². The lowest BCUT2D eigenvalue weighted by Crippen LogP contribution is -2.34. The van der Waals surface area contributed by atoms with E-state index in [1.54, 1.807) is 42.9 Å². The Bertz CT molecular complexity index is 804. The van der Waals surface area contributed by atoms with Crippen LogP contribution >= 0.6 is 0 Å². The highest BCUT2D eigenvalue weighted by molar-refractivity contribution is 5.74. The number of benzene rings is 1. The van der Waals surface area contributed by atoms with Crippen LogP contribution in [-0.2, 0) is 13.1 Å². The highest BCUT2D eigenvalue weighted by Gasteiger charge is 2.11. The molecule has 2 heterocycles. The number of carbonyl (C=O) groups is 1. The van der Waals surface area contributed by atoms with Gasteiger partial charge >= 0.3 is 6.03 Å². The number of halogens is 1. The van der Waals surface area contributed by atoms with Crippen LogP contribution in [0.4, 0.5) is 9.18 Å². The Morgan fingerprint density at radius 1 is 1.04 bits per heavy atom. The second-order valence-electron chi connectivity index (χ2n) is 4.99. The molecule has 0 saturated carbocycles. The highest BCUT2D eigenvalue weighted by Crippen LogP contribution is 2.19. The average Bonchev–Trinajstić information content (AvgIpc) is 3.14. The van der Waals surface area contributed by atoms with Crippen molar-refractivity contribution < 1.29 is 13.6 Å². The van der Waals surface area contributed by atoms with Crippen LogP contribution in [0.2, 0.25) is 0 Å². The summed E-state index contributed by atoms with van der Waals surface area (Å²) in [6.07, 6.45) is 4.67. The molecule has 0 radical (unpaired) electrons. The van der Waals surface area contributed by atoms with Crippen LogP contribution in [0.15, 0.2) is 59.5 Å². The second-order valence-corrected chi connectivity index (χ2v) is 4.99. The Morgan fingerprint density at radius 2 is 1.79 bits per heavy atom. The number of nitrogens with zero attached hydrogens (tertiary/aromatic N) is 2. The first-order valence-corrected chi connectivity index (χ1v) is 7.32. The van der Waals surface area contributed by atoms with E-state index in [1.807, 2.05) is 0 Å². The van der Waals surface area contributed by atoms with Crippen LogP contribution in [0.5, 0.6) is 0 Å². The molecular formula is C17H15FN4O2. The number of rotatable bonds is 5. The van der Waals surface area contributed by atoms with Crippen LogP contribution in [0.3, 0.4) is 0 Å². The Kier molecular flexibility index (Phi) is 4.81. The molecule has 0 saturated heterocycles. The quantitative estimate of drug-likeness (QED) is 0.755. The van der Waals surface area contributed by atoms with Crippen LogP contribution in [0.1, 0.15) is 11.3 Å². The summed E-state index contributed by atoms with van der Waals surface area (Å²) >= 11 is 0. The fourth-order valence-electron chi connectivity index (χ4n) is 2.13. The largest absolute Gasteiger partial charge is 0.463 e. The summed E-state index contributed by atoms with van der Waals surface area (Å²) < 4.78 is 18.1. The van der Waals surface area contributed by atoms with Gasteiger partial charge in [0.1, 0.15) is 11.5 Å². The van der Waals surface area contributed by atoms with E-state index in [0.29, 0.717) is 23.7 Å². The Hall–Kier alpha value is -3.22. The van der Waals surface area contributed by atoms with Crippen LogP contribution < -0.4 is 10.6 Å². The first-order chi connectivity index (χ1) is 11.7. The Labute approximate surface area is 137 Å². The van der Waals surface area contributed by atoms with Crippen molar-refractivity contribution in [3.8, 4) is 11.5 Å². The molecule has 122 valence electrons. The fraction of sp³-hybridized carbons (Fsp3) is 0.118. The molecule has 24 heavy (non-hydrogen) atoms. The van der Waals surface area contributed by atoms with E-state index in [1.165, 1.54) is 12.1 Å². The normalized spacial score (nSPS) is 10.4. The highest BCUT2D eigenvalue weighted by atomic mass is 19.1. The summed E-state index contributed by atoms with van der Waals surface area (Å²) in [5.74, 6) is 0.280. The zero-order chi connectivity index (χ0) is 16.8. The third-order valence-electron chi connectivity index (χ3n) is 3.31. The van der Waals surface area contributed by atoms with Gasteiger partial charge in [-0.25, -0.2) is 14.2 Å². The predicted octanol–water partition coefficient (Wildman–Crippen LogP) is 2.88. The monoisotopic (exact) mass is 326 g/mol. The number of nitrogens with one attached hydrogen (secondary N) is 2. The van der Waals surface area contributed by atoms with E-state index < -0.39 is 0 Å². The number of hydrogen-bond acceptors (Lipinski definition) is 4. The van der Waals surface area contributed by atoms with Gasteiger partial charge < -0.3 is 15.1 Å². The van der Waals surface area contributed by atoms with Crippen molar-refractivity contribution in [2.75, 3.05) is 0 Å². The van der Waals surface area contributed by atoms with Crippen LogP contribution in [-0.4, -0.2) is 16.0 Å². The molecule has 0 fully saturated rings. The topological polar surface area (TPSA) is 80.0 Å². The third-order valence-corrected chi connectivity index (χ3v) is 3.31. The van der Waals surface area contributed by atoms with E-state index in [9.17, 15) is 9.18 Å². The molecular weight excluding hydrogens is 311 g/mol.